The van der Waals surface area contributed by atoms with Crippen LogP contribution in [-0.2, 0) is 10.3 Å². The van der Waals surface area contributed by atoms with Gasteiger partial charge >= 0.3 is 0 Å². The summed E-state index contributed by atoms with van der Waals surface area (Å²) in [5, 5.41) is 3.61. The van der Waals surface area contributed by atoms with E-state index in [1.165, 1.54) is 30.4 Å². The fourth-order valence-electron chi connectivity index (χ4n) is 3.83. The number of benzene rings is 2. The lowest BCUT2D eigenvalue weighted by atomic mass is 9.77. The maximum absolute atomic E-state index is 6.69. The van der Waals surface area contributed by atoms with Crippen LogP contribution < -0.4 is 5.32 Å². The SMILES string of the molecule is CCCOC(c1ccccc1)(c1ccccc1)C(CCC1CC1)NC. The number of nitrogens with one attached hydrogen (secondary N) is 1. The summed E-state index contributed by atoms with van der Waals surface area (Å²) in [6.07, 6.45) is 6.23. The minimum absolute atomic E-state index is 0.254. The lowest BCUT2D eigenvalue weighted by molar-refractivity contribution is -0.0471. The van der Waals surface area contributed by atoms with Crippen molar-refractivity contribution in [3.05, 3.63) is 71.8 Å². The highest BCUT2D eigenvalue weighted by molar-refractivity contribution is 5.39. The van der Waals surface area contributed by atoms with Crippen molar-refractivity contribution >= 4 is 0 Å². The topological polar surface area (TPSA) is 21.3 Å². The summed E-state index contributed by atoms with van der Waals surface area (Å²) in [5.41, 5.74) is 2.04. The van der Waals surface area contributed by atoms with Crippen LogP contribution in [0.3, 0.4) is 0 Å². The Kier molecular flexibility index (Phi) is 6.28. The van der Waals surface area contributed by atoms with E-state index in [2.05, 4.69) is 80.0 Å². The lowest BCUT2D eigenvalue weighted by Gasteiger charge is -2.42. The van der Waals surface area contributed by atoms with E-state index in [0.717, 1.165) is 25.4 Å². The zero-order valence-electron chi connectivity index (χ0n) is 15.6. The summed E-state index contributed by atoms with van der Waals surface area (Å²) in [6.45, 7) is 2.94. The van der Waals surface area contributed by atoms with Crippen molar-refractivity contribution in [3.8, 4) is 0 Å². The summed E-state index contributed by atoms with van der Waals surface area (Å²) in [7, 11) is 2.08. The van der Waals surface area contributed by atoms with Crippen LogP contribution in [0, 0.1) is 5.92 Å². The Balaban J connectivity index is 2.05. The third kappa shape index (κ3) is 4.13. The first kappa shape index (κ1) is 18.2. The molecule has 0 saturated heterocycles. The van der Waals surface area contributed by atoms with Crippen LogP contribution in [-0.4, -0.2) is 19.7 Å². The van der Waals surface area contributed by atoms with Crippen molar-refractivity contribution in [2.45, 2.75) is 50.7 Å². The summed E-state index contributed by atoms with van der Waals surface area (Å²) in [5.74, 6) is 0.922. The van der Waals surface area contributed by atoms with Crippen LogP contribution in [0.1, 0.15) is 50.2 Å². The zero-order chi connectivity index (χ0) is 17.5. The largest absolute Gasteiger partial charge is 0.364 e. The molecule has 2 nitrogen and oxygen atoms in total. The maximum atomic E-state index is 6.69. The van der Waals surface area contributed by atoms with Crippen molar-refractivity contribution in [1.29, 1.82) is 0 Å². The predicted molar refractivity (Wildman–Crippen MR) is 105 cm³/mol. The van der Waals surface area contributed by atoms with Gasteiger partial charge < -0.3 is 10.1 Å². The van der Waals surface area contributed by atoms with Crippen LogP contribution >= 0.6 is 0 Å². The maximum Gasteiger partial charge on any atom is 0.133 e. The Morgan fingerprint density at radius 1 is 1.00 bits per heavy atom. The predicted octanol–water partition coefficient (Wildman–Crippen LogP) is 5.14. The molecular formula is C23H31NO. The highest BCUT2D eigenvalue weighted by Gasteiger charge is 2.43. The van der Waals surface area contributed by atoms with E-state index in [0.29, 0.717) is 0 Å². The fourth-order valence-corrected chi connectivity index (χ4v) is 3.83. The molecule has 0 aromatic heterocycles. The van der Waals surface area contributed by atoms with Crippen LogP contribution in [0.2, 0.25) is 0 Å². The number of hydrogen-bond acceptors (Lipinski definition) is 2. The van der Waals surface area contributed by atoms with Crippen molar-refractivity contribution < 1.29 is 4.74 Å². The average Bonchev–Trinajstić information content (AvgIpc) is 3.50. The van der Waals surface area contributed by atoms with E-state index in [9.17, 15) is 0 Å². The monoisotopic (exact) mass is 337 g/mol. The molecule has 1 unspecified atom stereocenters. The summed E-state index contributed by atoms with van der Waals surface area (Å²) >= 11 is 0. The molecule has 0 bridgehead atoms. The normalized spacial score (nSPS) is 15.9. The molecule has 1 aliphatic carbocycles. The minimum Gasteiger partial charge on any atom is -0.364 e. The number of hydrogen-bond donors (Lipinski definition) is 1. The first-order chi connectivity index (χ1) is 12.3. The Morgan fingerprint density at radius 2 is 1.56 bits per heavy atom. The van der Waals surface area contributed by atoms with Crippen LogP contribution in [0.15, 0.2) is 60.7 Å². The molecular weight excluding hydrogens is 306 g/mol. The van der Waals surface area contributed by atoms with E-state index >= 15 is 0 Å². The third-order valence-corrected chi connectivity index (χ3v) is 5.34. The molecule has 3 rings (SSSR count). The van der Waals surface area contributed by atoms with Gasteiger partial charge in [-0.1, -0.05) is 80.4 Å². The molecule has 0 radical (unpaired) electrons. The van der Waals surface area contributed by atoms with E-state index in [1.807, 2.05) is 0 Å². The van der Waals surface area contributed by atoms with E-state index in [-0.39, 0.29) is 6.04 Å². The molecule has 0 amide bonds. The van der Waals surface area contributed by atoms with E-state index in [1.54, 1.807) is 0 Å². The molecule has 1 fully saturated rings. The van der Waals surface area contributed by atoms with Gasteiger partial charge in [0.1, 0.15) is 5.60 Å². The summed E-state index contributed by atoms with van der Waals surface area (Å²) in [4.78, 5) is 0. The van der Waals surface area contributed by atoms with Crippen molar-refractivity contribution in [2.24, 2.45) is 5.92 Å². The van der Waals surface area contributed by atoms with Gasteiger partial charge in [-0.2, -0.15) is 0 Å². The van der Waals surface area contributed by atoms with Crippen molar-refractivity contribution in [1.82, 2.24) is 5.32 Å². The molecule has 0 heterocycles. The van der Waals surface area contributed by atoms with Gasteiger partial charge in [-0.3, -0.25) is 0 Å². The van der Waals surface area contributed by atoms with Gasteiger partial charge in [-0.15, -0.1) is 0 Å². The molecule has 134 valence electrons. The molecule has 0 spiro atoms. The van der Waals surface area contributed by atoms with Crippen LogP contribution in [0.25, 0.3) is 0 Å². The summed E-state index contributed by atoms with van der Waals surface area (Å²) in [6, 6.07) is 21.7. The Bertz CT molecular complexity index is 582. The second-order valence-electron chi connectivity index (χ2n) is 7.18. The van der Waals surface area contributed by atoms with E-state index < -0.39 is 5.60 Å². The Hall–Kier alpha value is -1.64. The van der Waals surface area contributed by atoms with Gasteiger partial charge in [0.2, 0.25) is 0 Å². The van der Waals surface area contributed by atoms with Gasteiger partial charge in [-0.05, 0) is 43.4 Å². The van der Waals surface area contributed by atoms with Gasteiger partial charge in [0.05, 0.1) is 0 Å². The van der Waals surface area contributed by atoms with Gasteiger partial charge in [0, 0.05) is 12.6 Å². The Labute approximate surface area is 152 Å². The van der Waals surface area contributed by atoms with Crippen LogP contribution in [0.5, 0.6) is 0 Å². The smallest absolute Gasteiger partial charge is 0.133 e. The second-order valence-corrected chi connectivity index (χ2v) is 7.18. The summed E-state index contributed by atoms with van der Waals surface area (Å²) < 4.78 is 6.69. The minimum atomic E-state index is -0.442. The Morgan fingerprint density at radius 3 is 2.00 bits per heavy atom. The second kappa shape index (κ2) is 8.64. The van der Waals surface area contributed by atoms with Gasteiger partial charge in [-0.25, -0.2) is 0 Å². The highest BCUT2D eigenvalue weighted by Crippen LogP contribution is 2.41. The van der Waals surface area contributed by atoms with Gasteiger partial charge in [0.15, 0.2) is 0 Å². The first-order valence-electron chi connectivity index (χ1n) is 9.73. The molecule has 1 atom stereocenters. The first-order valence-corrected chi connectivity index (χ1v) is 9.73. The van der Waals surface area contributed by atoms with E-state index in [4.69, 9.17) is 4.74 Å². The lowest BCUT2D eigenvalue weighted by Crippen LogP contribution is -2.50. The molecule has 2 heteroatoms. The number of ether oxygens (including phenoxy) is 1. The molecule has 2 aromatic carbocycles. The molecule has 1 saturated carbocycles. The van der Waals surface area contributed by atoms with Crippen LogP contribution in [0.4, 0.5) is 0 Å². The fraction of sp³-hybridized carbons (Fsp3) is 0.478. The van der Waals surface area contributed by atoms with Crippen molar-refractivity contribution in [3.63, 3.8) is 0 Å². The molecule has 2 aromatic rings. The standard InChI is InChI=1S/C23H31NO/c1-3-18-25-23(20-10-6-4-7-11-20,21-12-8-5-9-13-21)22(24-2)17-16-19-14-15-19/h4-13,19,22,24H,3,14-18H2,1-2H3. The highest BCUT2D eigenvalue weighted by atomic mass is 16.5. The molecule has 25 heavy (non-hydrogen) atoms. The molecule has 1 N–H and O–H groups in total. The van der Waals surface area contributed by atoms with Crippen molar-refractivity contribution in [2.75, 3.05) is 13.7 Å². The number of rotatable bonds is 10. The quantitative estimate of drug-likeness (QED) is 0.648. The molecule has 0 aliphatic heterocycles. The van der Waals surface area contributed by atoms with Gasteiger partial charge in [0.25, 0.3) is 0 Å². The number of likely N-dealkylation sites (N-methyl/N-ethyl adjacent to an activating group) is 1. The average molecular weight is 338 g/mol. The molecule has 1 aliphatic rings. The zero-order valence-corrected chi connectivity index (χ0v) is 15.6. The third-order valence-electron chi connectivity index (χ3n) is 5.34.